The first kappa shape index (κ1) is 13.5. The van der Waals surface area contributed by atoms with E-state index >= 15 is 0 Å². The van der Waals surface area contributed by atoms with Crippen molar-refractivity contribution >= 4 is 13.2 Å². The Balaban J connectivity index is 2.54. The van der Waals surface area contributed by atoms with Crippen molar-refractivity contribution in [3.63, 3.8) is 0 Å². The van der Waals surface area contributed by atoms with Crippen LogP contribution in [0.1, 0.15) is 20.8 Å². The lowest BCUT2D eigenvalue weighted by atomic mass is 10.1. The maximum atomic E-state index is 11.9. The number of ether oxygens (including phenoxy) is 1. The van der Waals surface area contributed by atoms with Gasteiger partial charge in [0.1, 0.15) is 18.0 Å². The molecule has 1 saturated heterocycles. The van der Waals surface area contributed by atoms with Gasteiger partial charge in [-0.25, -0.2) is 4.79 Å². The van der Waals surface area contributed by atoms with Crippen LogP contribution in [0, 0.1) is 0 Å². The number of likely N-dealkylation sites (tertiary alicyclic amines) is 1. The van der Waals surface area contributed by atoms with Crippen LogP contribution in [0.2, 0.25) is 0 Å². The second kappa shape index (κ2) is 3.74. The Hall–Kier alpha value is -0.540. The van der Waals surface area contributed by atoms with Crippen molar-refractivity contribution in [2.45, 2.75) is 31.7 Å². The zero-order valence-electron chi connectivity index (χ0n) is 10.6. The van der Waals surface area contributed by atoms with E-state index in [4.69, 9.17) is 10.5 Å². The molecule has 0 radical (unpaired) electrons. The van der Waals surface area contributed by atoms with Crippen LogP contribution in [0.3, 0.4) is 0 Å². The van der Waals surface area contributed by atoms with E-state index in [0.29, 0.717) is 13.1 Å². The summed E-state index contributed by atoms with van der Waals surface area (Å²) in [4.78, 5) is 13.1. The number of hydrogen-bond donors (Lipinski definition) is 1. The Morgan fingerprint density at radius 1 is 1.38 bits per heavy atom. The standard InChI is InChI=1S/C10H21N2O3P/c1-9(2,3)15-8(13)12-6-10(11,7-12)16(4,5)14/h6-7,11H2,1-5H3. The van der Waals surface area contributed by atoms with Crippen molar-refractivity contribution in [3.05, 3.63) is 0 Å². The fourth-order valence-corrected chi connectivity index (χ4v) is 2.43. The fourth-order valence-electron chi connectivity index (χ4n) is 1.41. The first-order valence-electron chi connectivity index (χ1n) is 5.26. The van der Waals surface area contributed by atoms with Crippen molar-refractivity contribution < 1.29 is 14.1 Å². The summed E-state index contributed by atoms with van der Waals surface area (Å²) >= 11 is 0. The zero-order chi connectivity index (χ0) is 12.8. The Kier molecular flexibility index (Phi) is 3.16. The minimum absolute atomic E-state index is 0.312. The Bertz CT molecular complexity index is 336. The normalized spacial score (nSPS) is 20.2. The summed E-state index contributed by atoms with van der Waals surface area (Å²) in [6.45, 7) is 9.36. The molecule has 1 amide bonds. The highest BCUT2D eigenvalue weighted by Crippen LogP contribution is 2.52. The minimum atomic E-state index is -2.38. The molecule has 0 spiro atoms. The van der Waals surface area contributed by atoms with Gasteiger partial charge in [0.25, 0.3) is 0 Å². The van der Waals surface area contributed by atoms with Gasteiger partial charge in [-0.1, -0.05) is 0 Å². The lowest BCUT2D eigenvalue weighted by molar-refractivity contribution is 0.00401. The van der Waals surface area contributed by atoms with E-state index in [1.807, 2.05) is 20.8 Å². The van der Waals surface area contributed by atoms with Gasteiger partial charge in [-0.05, 0) is 34.1 Å². The Morgan fingerprint density at radius 2 is 1.81 bits per heavy atom. The summed E-state index contributed by atoms with van der Waals surface area (Å²) in [5.74, 6) is 0. The molecule has 0 aliphatic carbocycles. The summed E-state index contributed by atoms with van der Waals surface area (Å²) in [6, 6.07) is 0. The van der Waals surface area contributed by atoms with Crippen LogP contribution in [-0.4, -0.2) is 48.3 Å². The van der Waals surface area contributed by atoms with Crippen LogP contribution in [0.25, 0.3) is 0 Å². The fraction of sp³-hybridized carbons (Fsp3) is 0.900. The molecule has 0 aromatic heterocycles. The summed E-state index contributed by atoms with van der Waals surface area (Å²) in [5.41, 5.74) is 5.45. The van der Waals surface area contributed by atoms with Gasteiger partial charge < -0.3 is 19.9 Å². The van der Waals surface area contributed by atoms with E-state index < -0.39 is 18.0 Å². The molecule has 0 atom stereocenters. The van der Waals surface area contributed by atoms with Gasteiger partial charge in [0.2, 0.25) is 0 Å². The van der Waals surface area contributed by atoms with Crippen LogP contribution < -0.4 is 5.73 Å². The highest BCUT2D eigenvalue weighted by molar-refractivity contribution is 7.64. The topological polar surface area (TPSA) is 72.6 Å². The van der Waals surface area contributed by atoms with Gasteiger partial charge >= 0.3 is 6.09 Å². The molecule has 1 aliphatic heterocycles. The molecule has 0 saturated carbocycles. The molecule has 5 nitrogen and oxygen atoms in total. The minimum Gasteiger partial charge on any atom is -0.444 e. The molecule has 0 aromatic carbocycles. The van der Waals surface area contributed by atoms with Crippen LogP contribution in [0.5, 0.6) is 0 Å². The van der Waals surface area contributed by atoms with Crippen molar-refractivity contribution in [1.82, 2.24) is 4.90 Å². The SMILES string of the molecule is CC(C)(C)OC(=O)N1CC(N)(P(C)(C)=O)C1. The third kappa shape index (κ3) is 2.77. The number of nitrogens with two attached hydrogens (primary N) is 1. The van der Waals surface area contributed by atoms with Gasteiger partial charge in [-0.3, -0.25) is 0 Å². The van der Waals surface area contributed by atoms with Crippen molar-refractivity contribution in [1.29, 1.82) is 0 Å². The molecule has 1 aliphatic rings. The van der Waals surface area contributed by atoms with Gasteiger partial charge in [0.05, 0.1) is 13.1 Å². The molecule has 0 bridgehead atoms. The average Bonchev–Trinajstić information content (AvgIpc) is 1.92. The molecule has 2 N–H and O–H groups in total. The first-order chi connectivity index (χ1) is 6.95. The quantitative estimate of drug-likeness (QED) is 0.714. The molecule has 0 aromatic rings. The van der Waals surface area contributed by atoms with Crippen molar-refractivity contribution in [3.8, 4) is 0 Å². The first-order valence-corrected chi connectivity index (χ1v) is 7.87. The second-order valence-electron chi connectivity index (χ2n) is 5.79. The number of carbonyl (C=O) groups is 1. The summed E-state index contributed by atoms with van der Waals surface area (Å²) in [7, 11) is -2.38. The van der Waals surface area contributed by atoms with E-state index in [2.05, 4.69) is 0 Å². The molecule has 0 unspecified atom stereocenters. The predicted molar refractivity (Wildman–Crippen MR) is 64.2 cm³/mol. The molecule has 6 heteroatoms. The monoisotopic (exact) mass is 248 g/mol. The highest BCUT2D eigenvalue weighted by Gasteiger charge is 2.51. The number of hydrogen-bond acceptors (Lipinski definition) is 4. The van der Waals surface area contributed by atoms with Gasteiger partial charge in [0.15, 0.2) is 0 Å². The summed E-state index contributed by atoms with van der Waals surface area (Å²) in [5, 5.41) is -0.732. The van der Waals surface area contributed by atoms with Gasteiger partial charge in [-0.15, -0.1) is 0 Å². The summed E-state index contributed by atoms with van der Waals surface area (Å²) in [6.07, 6.45) is -0.387. The smallest absolute Gasteiger partial charge is 0.410 e. The molecular weight excluding hydrogens is 227 g/mol. The van der Waals surface area contributed by atoms with E-state index in [9.17, 15) is 9.36 Å². The maximum absolute atomic E-state index is 11.9. The lowest BCUT2D eigenvalue weighted by Gasteiger charge is -2.49. The van der Waals surface area contributed by atoms with E-state index in [1.54, 1.807) is 13.3 Å². The number of rotatable bonds is 1. The number of carbonyl (C=O) groups excluding carboxylic acids is 1. The zero-order valence-corrected chi connectivity index (χ0v) is 11.5. The summed E-state index contributed by atoms with van der Waals surface area (Å²) < 4.78 is 17.1. The van der Waals surface area contributed by atoms with Crippen LogP contribution in [0.4, 0.5) is 4.79 Å². The Morgan fingerprint density at radius 3 is 2.12 bits per heavy atom. The van der Waals surface area contributed by atoms with Crippen LogP contribution in [0.15, 0.2) is 0 Å². The molecule has 16 heavy (non-hydrogen) atoms. The third-order valence-corrected chi connectivity index (χ3v) is 5.08. The predicted octanol–water partition coefficient (Wildman–Crippen LogP) is 1.51. The van der Waals surface area contributed by atoms with E-state index in [0.717, 1.165) is 0 Å². The molecular formula is C10H21N2O3P. The average molecular weight is 248 g/mol. The molecule has 1 heterocycles. The number of amides is 1. The van der Waals surface area contributed by atoms with Crippen LogP contribution >= 0.6 is 7.14 Å². The van der Waals surface area contributed by atoms with Gasteiger partial charge in [0, 0.05) is 0 Å². The van der Waals surface area contributed by atoms with Gasteiger partial charge in [-0.2, -0.15) is 0 Å². The second-order valence-corrected chi connectivity index (χ2v) is 9.38. The van der Waals surface area contributed by atoms with E-state index in [1.165, 1.54) is 4.90 Å². The Labute approximate surface area is 96.7 Å². The highest BCUT2D eigenvalue weighted by atomic mass is 31.2. The van der Waals surface area contributed by atoms with E-state index in [-0.39, 0.29) is 6.09 Å². The lowest BCUT2D eigenvalue weighted by Crippen LogP contribution is -2.68. The largest absolute Gasteiger partial charge is 0.444 e. The van der Waals surface area contributed by atoms with Crippen LogP contribution in [-0.2, 0) is 9.30 Å². The molecule has 1 fully saturated rings. The number of nitrogens with zero attached hydrogens (tertiary/aromatic N) is 1. The molecule has 94 valence electrons. The maximum Gasteiger partial charge on any atom is 0.410 e. The van der Waals surface area contributed by atoms with Crippen molar-refractivity contribution in [2.24, 2.45) is 5.73 Å². The molecule has 1 rings (SSSR count). The third-order valence-electron chi connectivity index (χ3n) is 2.65. The van der Waals surface area contributed by atoms with Crippen molar-refractivity contribution in [2.75, 3.05) is 26.4 Å².